The first-order chi connectivity index (χ1) is 19.1. The number of rotatable bonds is 8. The quantitative estimate of drug-likeness (QED) is 0.374. The number of alkyl carbamates (subject to hydrolysis) is 1. The van der Waals surface area contributed by atoms with Gasteiger partial charge in [0.05, 0.1) is 0 Å². The molecule has 4 fully saturated rings. The lowest BCUT2D eigenvalue weighted by molar-refractivity contribution is -0.142. The van der Waals surface area contributed by atoms with Gasteiger partial charge in [0.1, 0.15) is 17.7 Å². The van der Waals surface area contributed by atoms with Crippen molar-refractivity contribution in [2.45, 2.75) is 147 Å². The number of carbonyl (C=O) groups excluding carboxylic acids is 3. The number of carbonyl (C=O) groups is 3. The van der Waals surface area contributed by atoms with Crippen LogP contribution >= 0.6 is 0 Å². The van der Waals surface area contributed by atoms with Crippen LogP contribution in [0.4, 0.5) is 4.79 Å². The second-order valence-corrected chi connectivity index (χ2v) is 14.2. The average Bonchev–Trinajstić information content (AvgIpc) is 3.42. The van der Waals surface area contributed by atoms with E-state index < -0.39 is 23.8 Å². The molecule has 0 spiro atoms. The van der Waals surface area contributed by atoms with Gasteiger partial charge in [0.2, 0.25) is 11.8 Å². The lowest BCUT2D eigenvalue weighted by Gasteiger charge is -2.43. The SMILES string of the molecule is CC(C)(C)OC(=O)N[C@@H](C(=O)N1CCC[C@H]1C(=O)NCC1CCC(N)CC1)C(C1CCCCC1)C1CCCCC1. The van der Waals surface area contributed by atoms with E-state index in [-0.39, 0.29) is 23.8 Å². The molecule has 3 saturated carbocycles. The van der Waals surface area contributed by atoms with Crippen molar-refractivity contribution in [2.75, 3.05) is 13.1 Å². The van der Waals surface area contributed by atoms with E-state index in [0.717, 1.165) is 57.8 Å². The maximum Gasteiger partial charge on any atom is 0.408 e. The van der Waals surface area contributed by atoms with E-state index in [1.54, 1.807) is 4.90 Å². The molecule has 40 heavy (non-hydrogen) atoms. The highest BCUT2D eigenvalue weighted by Crippen LogP contribution is 2.42. The van der Waals surface area contributed by atoms with E-state index in [0.29, 0.717) is 37.3 Å². The summed E-state index contributed by atoms with van der Waals surface area (Å²) in [5, 5.41) is 6.27. The normalized spacial score (nSPS) is 27.8. The third-order valence-electron chi connectivity index (χ3n) is 10.0. The van der Waals surface area contributed by atoms with Gasteiger partial charge >= 0.3 is 6.09 Å². The number of likely N-dealkylation sites (tertiary alicyclic amines) is 1. The maximum atomic E-state index is 14.5. The van der Waals surface area contributed by atoms with Crippen molar-refractivity contribution in [1.82, 2.24) is 15.5 Å². The van der Waals surface area contributed by atoms with Gasteiger partial charge in [0.15, 0.2) is 0 Å². The Balaban J connectivity index is 1.52. The predicted octanol–water partition coefficient (Wildman–Crippen LogP) is 5.28. The Morgan fingerprint density at radius 2 is 1.40 bits per heavy atom. The minimum absolute atomic E-state index is 0.0522. The fraction of sp³-hybridized carbons (Fsp3) is 0.906. The minimum atomic E-state index is -0.658. The second-order valence-electron chi connectivity index (χ2n) is 14.2. The van der Waals surface area contributed by atoms with Crippen molar-refractivity contribution < 1.29 is 19.1 Å². The Kier molecular flexibility index (Phi) is 11.2. The summed E-state index contributed by atoms with van der Waals surface area (Å²) >= 11 is 0. The van der Waals surface area contributed by atoms with Gasteiger partial charge < -0.3 is 26.0 Å². The highest BCUT2D eigenvalue weighted by Gasteiger charge is 2.46. The van der Waals surface area contributed by atoms with E-state index in [4.69, 9.17) is 10.5 Å². The maximum absolute atomic E-state index is 14.5. The zero-order valence-corrected chi connectivity index (χ0v) is 25.4. The summed E-state index contributed by atoms with van der Waals surface area (Å²) in [5.41, 5.74) is 5.41. The Morgan fingerprint density at radius 1 is 0.825 bits per heavy atom. The Morgan fingerprint density at radius 3 is 1.95 bits per heavy atom. The highest BCUT2D eigenvalue weighted by atomic mass is 16.6. The van der Waals surface area contributed by atoms with Gasteiger partial charge in [-0.15, -0.1) is 0 Å². The molecular weight excluding hydrogens is 504 g/mol. The first-order valence-corrected chi connectivity index (χ1v) is 16.5. The fourth-order valence-electron chi connectivity index (χ4n) is 7.96. The Bertz CT molecular complexity index is 820. The van der Waals surface area contributed by atoms with Crippen LogP contribution in [-0.4, -0.2) is 59.6 Å². The standard InChI is InChI=1S/C32H56N4O4/c1-32(2,3)40-31(39)35-28(27(23-11-6-4-7-12-23)24-13-8-5-9-14-24)30(38)36-20-10-15-26(36)29(37)34-21-22-16-18-25(33)19-17-22/h22-28H,4-21,33H2,1-3H3,(H,34,37)(H,35,39)/t22?,25?,26-,28+/m0/s1. The molecule has 0 unspecified atom stereocenters. The number of nitrogens with zero attached hydrogens (tertiary/aromatic N) is 1. The van der Waals surface area contributed by atoms with Crippen LogP contribution in [0.3, 0.4) is 0 Å². The van der Waals surface area contributed by atoms with Crippen molar-refractivity contribution in [3.05, 3.63) is 0 Å². The van der Waals surface area contributed by atoms with Gasteiger partial charge in [-0.05, 0) is 83.0 Å². The monoisotopic (exact) mass is 560 g/mol. The number of nitrogens with one attached hydrogen (secondary N) is 2. The van der Waals surface area contributed by atoms with Crippen molar-refractivity contribution >= 4 is 17.9 Å². The number of ether oxygens (including phenoxy) is 1. The molecule has 0 aromatic carbocycles. The van der Waals surface area contributed by atoms with Gasteiger partial charge in [-0.25, -0.2) is 4.79 Å². The Labute approximate surface area is 242 Å². The van der Waals surface area contributed by atoms with E-state index >= 15 is 0 Å². The summed E-state index contributed by atoms with van der Waals surface area (Å²) in [6.07, 6.45) is 16.7. The molecule has 228 valence electrons. The third kappa shape index (κ3) is 8.59. The summed E-state index contributed by atoms with van der Waals surface area (Å²) in [6.45, 7) is 6.76. The number of hydrogen-bond donors (Lipinski definition) is 3. The number of amides is 3. The van der Waals surface area contributed by atoms with Crippen LogP contribution in [0, 0.1) is 23.7 Å². The van der Waals surface area contributed by atoms with Crippen LogP contribution < -0.4 is 16.4 Å². The van der Waals surface area contributed by atoms with Gasteiger partial charge in [-0.2, -0.15) is 0 Å². The molecule has 0 aromatic rings. The molecule has 2 atom stereocenters. The molecule has 0 bridgehead atoms. The fourth-order valence-corrected chi connectivity index (χ4v) is 7.96. The summed E-state index contributed by atoms with van der Waals surface area (Å²) in [4.78, 5) is 42.9. The number of nitrogens with two attached hydrogens (primary N) is 1. The molecule has 1 aliphatic heterocycles. The van der Waals surface area contributed by atoms with E-state index in [1.807, 2.05) is 20.8 Å². The van der Waals surface area contributed by atoms with Crippen molar-refractivity contribution in [2.24, 2.45) is 29.4 Å². The van der Waals surface area contributed by atoms with Crippen molar-refractivity contribution in [1.29, 1.82) is 0 Å². The van der Waals surface area contributed by atoms with Gasteiger partial charge in [0, 0.05) is 19.1 Å². The van der Waals surface area contributed by atoms with E-state index in [1.165, 1.54) is 38.5 Å². The zero-order chi connectivity index (χ0) is 28.7. The van der Waals surface area contributed by atoms with Crippen LogP contribution in [-0.2, 0) is 14.3 Å². The average molecular weight is 561 g/mol. The second kappa shape index (κ2) is 14.4. The predicted molar refractivity (Wildman–Crippen MR) is 157 cm³/mol. The van der Waals surface area contributed by atoms with Crippen molar-refractivity contribution in [3.8, 4) is 0 Å². The molecule has 1 saturated heterocycles. The lowest BCUT2D eigenvalue weighted by Crippen LogP contribution is -2.59. The highest BCUT2D eigenvalue weighted by molar-refractivity contribution is 5.92. The number of hydrogen-bond acceptors (Lipinski definition) is 5. The molecule has 4 aliphatic rings. The third-order valence-corrected chi connectivity index (χ3v) is 10.0. The molecular formula is C32H56N4O4. The molecule has 1 heterocycles. The lowest BCUT2D eigenvalue weighted by atomic mass is 9.66. The first-order valence-electron chi connectivity index (χ1n) is 16.5. The molecule has 3 amide bonds. The van der Waals surface area contributed by atoms with Crippen LogP contribution in [0.5, 0.6) is 0 Å². The van der Waals surface area contributed by atoms with Gasteiger partial charge in [-0.3, -0.25) is 9.59 Å². The molecule has 3 aliphatic carbocycles. The first kappa shape index (κ1) is 31.1. The van der Waals surface area contributed by atoms with Crippen LogP contribution in [0.15, 0.2) is 0 Å². The molecule has 8 nitrogen and oxygen atoms in total. The topological polar surface area (TPSA) is 114 Å². The summed E-state index contributed by atoms with van der Waals surface area (Å²) in [6, 6.07) is -0.848. The minimum Gasteiger partial charge on any atom is -0.444 e. The van der Waals surface area contributed by atoms with Crippen LogP contribution in [0.25, 0.3) is 0 Å². The molecule has 4 rings (SSSR count). The van der Waals surface area contributed by atoms with Gasteiger partial charge in [0.25, 0.3) is 0 Å². The molecule has 0 aromatic heterocycles. The smallest absolute Gasteiger partial charge is 0.408 e. The van der Waals surface area contributed by atoms with Crippen LogP contribution in [0.1, 0.15) is 124 Å². The van der Waals surface area contributed by atoms with E-state index in [2.05, 4.69) is 10.6 Å². The Hall–Kier alpha value is -1.83. The van der Waals surface area contributed by atoms with Gasteiger partial charge in [-0.1, -0.05) is 64.2 Å². The molecule has 8 heteroatoms. The molecule has 0 radical (unpaired) electrons. The summed E-state index contributed by atoms with van der Waals surface area (Å²) < 4.78 is 5.68. The zero-order valence-electron chi connectivity index (χ0n) is 25.4. The van der Waals surface area contributed by atoms with Crippen molar-refractivity contribution in [3.63, 3.8) is 0 Å². The molecule has 4 N–H and O–H groups in total. The van der Waals surface area contributed by atoms with E-state index in [9.17, 15) is 14.4 Å². The largest absolute Gasteiger partial charge is 0.444 e. The van der Waals surface area contributed by atoms with Crippen LogP contribution in [0.2, 0.25) is 0 Å². The summed E-state index contributed by atoms with van der Waals surface area (Å²) in [5.74, 6) is 1.22. The summed E-state index contributed by atoms with van der Waals surface area (Å²) in [7, 11) is 0.